The Hall–Kier alpha value is -1.96. The summed E-state index contributed by atoms with van der Waals surface area (Å²) in [7, 11) is -0.858. The lowest BCUT2D eigenvalue weighted by molar-refractivity contribution is 0.0696. The molecule has 0 aliphatic carbocycles. The number of aromatic carboxylic acids is 1. The molecule has 20 heavy (non-hydrogen) atoms. The Labute approximate surface area is 119 Å². The first-order chi connectivity index (χ1) is 9.49. The van der Waals surface area contributed by atoms with Gasteiger partial charge in [-0.3, -0.25) is 9.19 Å². The zero-order chi connectivity index (χ0) is 15.0. The van der Waals surface area contributed by atoms with E-state index in [-0.39, 0.29) is 18.1 Å². The normalized spacial score (nSPS) is 11.7. The van der Waals surface area contributed by atoms with Crippen molar-refractivity contribution in [3.8, 4) is 0 Å². The van der Waals surface area contributed by atoms with Gasteiger partial charge in [0.05, 0.1) is 17.8 Å². The molecule has 0 fully saturated rings. The number of carboxylic acids is 1. The number of carboxylic acid groups (broad SMARTS) is 1. The molecule has 2 amide bonds. The summed E-state index contributed by atoms with van der Waals surface area (Å²) in [5.41, 5.74) is 0.595. The van der Waals surface area contributed by atoms with Crippen molar-refractivity contribution < 1.29 is 18.9 Å². The van der Waals surface area contributed by atoms with Crippen LogP contribution in [-0.4, -0.2) is 44.9 Å². The summed E-state index contributed by atoms with van der Waals surface area (Å²) in [4.78, 5) is 26.2. The molecule has 3 N–H and O–H groups in total. The maximum absolute atomic E-state index is 11.4. The zero-order valence-electron chi connectivity index (χ0n) is 11.1. The predicted octanol–water partition coefficient (Wildman–Crippen LogP) is 0.348. The fraction of sp³-hybridized carbons (Fsp3) is 0.417. The van der Waals surface area contributed by atoms with Gasteiger partial charge in [-0.25, -0.2) is 9.59 Å². The number of carbonyl (C=O) groups is 2. The summed E-state index contributed by atoms with van der Waals surface area (Å²) in [5.74, 6) is -0.492. The lowest BCUT2D eigenvalue weighted by atomic mass is 10.2. The SMILES string of the molecule is CS(=O)CCCNC(=O)NCc1cc(C(=O)O)ccn1. The summed E-state index contributed by atoms with van der Waals surface area (Å²) in [6.45, 7) is 0.584. The maximum atomic E-state index is 11.4. The van der Waals surface area contributed by atoms with Gasteiger partial charge in [0.25, 0.3) is 0 Å². The van der Waals surface area contributed by atoms with Gasteiger partial charge in [0, 0.05) is 35.5 Å². The highest BCUT2D eigenvalue weighted by Crippen LogP contribution is 2.01. The predicted molar refractivity (Wildman–Crippen MR) is 75.0 cm³/mol. The minimum atomic E-state index is -1.04. The van der Waals surface area contributed by atoms with E-state index >= 15 is 0 Å². The molecular weight excluding hydrogens is 282 g/mol. The molecule has 0 bridgehead atoms. The van der Waals surface area contributed by atoms with Gasteiger partial charge in [-0.2, -0.15) is 0 Å². The molecule has 1 aromatic heterocycles. The highest BCUT2D eigenvalue weighted by atomic mass is 32.2. The molecular formula is C12H17N3O4S. The molecule has 1 unspecified atom stereocenters. The van der Waals surface area contributed by atoms with E-state index in [1.54, 1.807) is 6.26 Å². The Kier molecular flexibility index (Phi) is 6.65. The second-order valence-corrected chi connectivity index (χ2v) is 5.64. The van der Waals surface area contributed by atoms with Crippen molar-refractivity contribution in [3.05, 3.63) is 29.6 Å². The molecule has 0 saturated carbocycles. The van der Waals surface area contributed by atoms with E-state index in [1.165, 1.54) is 18.3 Å². The molecule has 8 heteroatoms. The number of urea groups is 1. The minimum Gasteiger partial charge on any atom is -0.478 e. The second-order valence-electron chi connectivity index (χ2n) is 4.08. The van der Waals surface area contributed by atoms with Gasteiger partial charge in [-0.1, -0.05) is 0 Å². The third-order valence-electron chi connectivity index (χ3n) is 2.39. The first-order valence-corrected chi connectivity index (χ1v) is 7.71. The number of carbonyl (C=O) groups excluding carboxylic acids is 1. The topological polar surface area (TPSA) is 108 Å². The average Bonchev–Trinajstić information content (AvgIpc) is 2.41. The van der Waals surface area contributed by atoms with Crippen LogP contribution in [0, 0.1) is 0 Å². The van der Waals surface area contributed by atoms with Crippen molar-refractivity contribution in [1.29, 1.82) is 0 Å². The first-order valence-electron chi connectivity index (χ1n) is 5.99. The van der Waals surface area contributed by atoms with Crippen molar-refractivity contribution >= 4 is 22.8 Å². The van der Waals surface area contributed by atoms with Crippen LogP contribution < -0.4 is 10.6 Å². The van der Waals surface area contributed by atoms with E-state index in [0.29, 0.717) is 24.4 Å². The van der Waals surface area contributed by atoms with Crippen LogP contribution in [0.1, 0.15) is 22.5 Å². The van der Waals surface area contributed by atoms with Crippen molar-refractivity contribution in [2.75, 3.05) is 18.6 Å². The molecule has 7 nitrogen and oxygen atoms in total. The molecule has 1 heterocycles. The molecule has 1 aromatic rings. The van der Waals surface area contributed by atoms with Crippen LogP contribution in [-0.2, 0) is 17.3 Å². The van der Waals surface area contributed by atoms with E-state index in [1.807, 2.05) is 0 Å². The molecule has 1 atom stereocenters. The van der Waals surface area contributed by atoms with E-state index < -0.39 is 16.8 Å². The average molecular weight is 299 g/mol. The number of pyridine rings is 1. The fourth-order valence-corrected chi connectivity index (χ4v) is 1.97. The van der Waals surface area contributed by atoms with Crippen LogP contribution >= 0.6 is 0 Å². The molecule has 0 spiro atoms. The molecule has 0 radical (unpaired) electrons. The lowest BCUT2D eigenvalue weighted by Gasteiger charge is -2.07. The third-order valence-corrected chi connectivity index (χ3v) is 3.25. The molecule has 0 aliphatic rings. The summed E-state index contributed by atoms with van der Waals surface area (Å²) in [6.07, 6.45) is 3.64. The van der Waals surface area contributed by atoms with Crippen molar-refractivity contribution in [2.45, 2.75) is 13.0 Å². The Balaban J connectivity index is 2.32. The molecule has 110 valence electrons. The number of aromatic nitrogens is 1. The largest absolute Gasteiger partial charge is 0.478 e. The molecule has 0 aromatic carbocycles. The number of amides is 2. The maximum Gasteiger partial charge on any atom is 0.335 e. The number of hydrogen-bond acceptors (Lipinski definition) is 4. The van der Waals surface area contributed by atoms with Crippen molar-refractivity contribution in [2.24, 2.45) is 0 Å². The number of rotatable bonds is 7. The Morgan fingerprint density at radius 1 is 1.40 bits per heavy atom. The monoisotopic (exact) mass is 299 g/mol. The number of nitrogens with zero attached hydrogens (tertiary/aromatic N) is 1. The Morgan fingerprint density at radius 3 is 2.80 bits per heavy atom. The summed E-state index contributed by atoms with van der Waals surface area (Å²) in [5, 5.41) is 14.0. The zero-order valence-corrected chi connectivity index (χ0v) is 11.9. The highest BCUT2D eigenvalue weighted by Gasteiger charge is 2.05. The van der Waals surface area contributed by atoms with Gasteiger partial charge in [-0.05, 0) is 18.6 Å². The summed E-state index contributed by atoms with van der Waals surface area (Å²) < 4.78 is 10.8. The third kappa shape index (κ3) is 6.28. The number of nitrogens with one attached hydrogen (secondary N) is 2. The van der Waals surface area contributed by atoms with Crippen LogP contribution in [0.15, 0.2) is 18.3 Å². The smallest absolute Gasteiger partial charge is 0.335 e. The fourth-order valence-electron chi connectivity index (χ4n) is 1.42. The van der Waals surface area contributed by atoms with Crippen LogP contribution in [0.5, 0.6) is 0 Å². The van der Waals surface area contributed by atoms with Gasteiger partial charge in [0.2, 0.25) is 0 Å². The minimum absolute atomic E-state index is 0.127. The van der Waals surface area contributed by atoms with E-state index in [2.05, 4.69) is 15.6 Å². The molecule has 0 saturated heterocycles. The second kappa shape index (κ2) is 8.26. The first kappa shape index (κ1) is 16.1. The van der Waals surface area contributed by atoms with Crippen LogP contribution in [0.4, 0.5) is 4.79 Å². The summed E-state index contributed by atoms with van der Waals surface area (Å²) >= 11 is 0. The highest BCUT2D eigenvalue weighted by molar-refractivity contribution is 7.84. The lowest BCUT2D eigenvalue weighted by Crippen LogP contribution is -2.36. The van der Waals surface area contributed by atoms with Crippen LogP contribution in [0.3, 0.4) is 0 Å². The molecule has 0 aliphatic heterocycles. The Morgan fingerprint density at radius 2 is 2.15 bits per heavy atom. The van der Waals surface area contributed by atoms with Crippen LogP contribution in [0.2, 0.25) is 0 Å². The van der Waals surface area contributed by atoms with Gasteiger partial charge in [-0.15, -0.1) is 0 Å². The van der Waals surface area contributed by atoms with Gasteiger partial charge >= 0.3 is 12.0 Å². The van der Waals surface area contributed by atoms with E-state index in [9.17, 15) is 13.8 Å². The Bertz CT molecular complexity index is 507. The van der Waals surface area contributed by atoms with Gasteiger partial charge in [0.1, 0.15) is 0 Å². The quantitative estimate of drug-likeness (QED) is 0.629. The van der Waals surface area contributed by atoms with Crippen molar-refractivity contribution in [3.63, 3.8) is 0 Å². The van der Waals surface area contributed by atoms with E-state index in [0.717, 1.165) is 0 Å². The molecule has 1 rings (SSSR count). The summed E-state index contributed by atoms with van der Waals surface area (Å²) in [6, 6.07) is 2.43. The number of hydrogen-bond donors (Lipinski definition) is 3. The van der Waals surface area contributed by atoms with Gasteiger partial charge in [0.15, 0.2) is 0 Å². The van der Waals surface area contributed by atoms with Gasteiger partial charge < -0.3 is 15.7 Å². The van der Waals surface area contributed by atoms with Crippen molar-refractivity contribution in [1.82, 2.24) is 15.6 Å². The standard InChI is InChI=1S/C12H17N3O4S/c1-20(19)6-2-4-14-12(18)15-8-10-7-9(11(16)17)3-5-13-10/h3,5,7H,2,4,6,8H2,1H3,(H,16,17)(H2,14,15,18). The van der Waals surface area contributed by atoms with Crippen LogP contribution in [0.25, 0.3) is 0 Å². The van der Waals surface area contributed by atoms with E-state index in [4.69, 9.17) is 5.11 Å².